The molecule has 118 valence electrons. The Labute approximate surface area is 141 Å². The van der Waals surface area contributed by atoms with E-state index in [0.717, 1.165) is 26.2 Å². The minimum absolute atomic E-state index is 0.316. The maximum Gasteiger partial charge on any atom is 0.0620 e. The van der Waals surface area contributed by atoms with Crippen molar-refractivity contribution in [2.24, 2.45) is 0 Å². The molecule has 3 nitrogen and oxygen atoms in total. The van der Waals surface area contributed by atoms with Gasteiger partial charge in [-0.3, -0.25) is 9.88 Å². The maximum atomic E-state index is 4.29. The van der Waals surface area contributed by atoms with Gasteiger partial charge in [-0.15, -0.1) is 11.3 Å². The first kappa shape index (κ1) is 14.8. The summed E-state index contributed by atoms with van der Waals surface area (Å²) >= 11 is 1.85. The van der Waals surface area contributed by atoms with Crippen molar-refractivity contribution < 1.29 is 0 Å². The third kappa shape index (κ3) is 2.78. The van der Waals surface area contributed by atoms with E-state index in [9.17, 15) is 0 Å². The van der Waals surface area contributed by atoms with Crippen molar-refractivity contribution in [1.29, 1.82) is 0 Å². The zero-order chi connectivity index (χ0) is 15.6. The summed E-state index contributed by atoms with van der Waals surface area (Å²) in [5, 5.41) is 7.20. The van der Waals surface area contributed by atoms with Crippen LogP contribution in [0.4, 0.5) is 0 Å². The van der Waals surface area contributed by atoms with Crippen LogP contribution < -0.4 is 5.32 Å². The molecule has 0 spiro atoms. The number of benzene rings is 1. The second-order valence-corrected chi connectivity index (χ2v) is 7.02. The van der Waals surface area contributed by atoms with Gasteiger partial charge in [0.1, 0.15) is 0 Å². The Hall–Kier alpha value is -1.75. The summed E-state index contributed by atoms with van der Waals surface area (Å²) in [5.74, 6) is 0. The van der Waals surface area contributed by atoms with Gasteiger partial charge in [0.2, 0.25) is 0 Å². The lowest BCUT2D eigenvalue weighted by atomic mass is 9.94. The first-order valence-corrected chi connectivity index (χ1v) is 9.04. The molecule has 4 heteroatoms. The average Bonchev–Trinajstić information content (AvgIpc) is 3.02. The Morgan fingerprint density at radius 2 is 1.96 bits per heavy atom. The summed E-state index contributed by atoms with van der Waals surface area (Å²) in [6.45, 7) is 6.45. The summed E-state index contributed by atoms with van der Waals surface area (Å²) in [4.78, 5) is 6.89. The molecular weight excluding hydrogens is 302 g/mol. The predicted octanol–water partition coefficient (Wildman–Crippen LogP) is 3.60. The highest BCUT2D eigenvalue weighted by atomic mass is 32.1. The molecule has 0 saturated carbocycles. The largest absolute Gasteiger partial charge is 0.314 e. The van der Waals surface area contributed by atoms with Crippen LogP contribution in [0.2, 0.25) is 0 Å². The Kier molecular flexibility index (Phi) is 4.12. The number of nitrogens with one attached hydrogen (secondary N) is 1. The molecule has 1 atom stereocenters. The number of thiophene rings is 1. The van der Waals surface area contributed by atoms with Crippen LogP contribution in [0, 0.1) is 6.92 Å². The van der Waals surface area contributed by atoms with Crippen molar-refractivity contribution in [1.82, 2.24) is 15.2 Å². The fourth-order valence-corrected chi connectivity index (χ4v) is 4.48. The van der Waals surface area contributed by atoms with E-state index in [1.54, 1.807) is 0 Å². The first-order chi connectivity index (χ1) is 11.3. The lowest BCUT2D eigenvalue weighted by Gasteiger charge is -2.36. The molecule has 0 radical (unpaired) electrons. The van der Waals surface area contributed by atoms with E-state index in [0.29, 0.717) is 6.04 Å². The number of hydrogen-bond acceptors (Lipinski definition) is 4. The van der Waals surface area contributed by atoms with Crippen molar-refractivity contribution in [3.63, 3.8) is 0 Å². The summed E-state index contributed by atoms with van der Waals surface area (Å²) in [6, 6.07) is 11.3. The van der Waals surface area contributed by atoms with E-state index in [1.807, 2.05) is 23.7 Å². The lowest BCUT2D eigenvalue weighted by Crippen LogP contribution is -2.45. The van der Waals surface area contributed by atoms with Crippen LogP contribution in [-0.4, -0.2) is 36.1 Å². The number of nitrogens with zero attached hydrogens (tertiary/aromatic N) is 2. The topological polar surface area (TPSA) is 28.2 Å². The summed E-state index contributed by atoms with van der Waals surface area (Å²) < 4.78 is 1.37. The number of pyridine rings is 1. The van der Waals surface area contributed by atoms with Crippen LogP contribution in [0.3, 0.4) is 0 Å². The molecule has 2 aromatic heterocycles. The fraction of sp³-hybridized carbons (Fsp3) is 0.316. The van der Waals surface area contributed by atoms with Gasteiger partial charge in [-0.05, 0) is 46.5 Å². The van der Waals surface area contributed by atoms with Crippen LogP contribution in [-0.2, 0) is 0 Å². The standard InChI is InChI=1S/C19H21N3S/c1-14-12-21-7-6-15(14)19(22-10-8-20-9-11-22)17-13-23-18-5-3-2-4-16(17)18/h2-7,12-13,19-20H,8-11H2,1H3. The van der Waals surface area contributed by atoms with Crippen LogP contribution in [0.15, 0.2) is 48.1 Å². The van der Waals surface area contributed by atoms with Gasteiger partial charge in [0.25, 0.3) is 0 Å². The van der Waals surface area contributed by atoms with Crippen molar-refractivity contribution >= 4 is 21.4 Å². The van der Waals surface area contributed by atoms with Crippen molar-refractivity contribution in [2.45, 2.75) is 13.0 Å². The molecule has 0 bridgehead atoms. The van der Waals surface area contributed by atoms with E-state index >= 15 is 0 Å². The third-order valence-corrected chi connectivity index (χ3v) is 5.66. The van der Waals surface area contributed by atoms with Gasteiger partial charge in [-0.25, -0.2) is 0 Å². The Bertz CT molecular complexity index is 805. The predicted molar refractivity (Wildman–Crippen MR) is 97.1 cm³/mol. The minimum atomic E-state index is 0.316. The third-order valence-electron chi connectivity index (χ3n) is 4.68. The van der Waals surface area contributed by atoms with Crippen molar-refractivity contribution in [2.75, 3.05) is 26.2 Å². The molecule has 3 heterocycles. The summed E-state index contributed by atoms with van der Waals surface area (Å²) in [6.07, 6.45) is 3.91. The molecule has 1 saturated heterocycles. The summed E-state index contributed by atoms with van der Waals surface area (Å²) in [5.41, 5.74) is 4.08. The molecule has 1 aromatic carbocycles. The molecule has 3 aromatic rings. The average molecular weight is 323 g/mol. The van der Waals surface area contributed by atoms with E-state index in [1.165, 1.54) is 26.8 Å². The highest BCUT2D eigenvalue weighted by Crippen LogP contribution is 2.38. The molecule has 4 rings (SSSR count). The van der Waals surface area contributed by atoms with Crippen LogP contribution in [0.25, 0.3) is 10.1 Å². The number of aryl methyl sites for hydroxylation is 1. The zero-order valence-corrected chi connectivity index (χ0v) is 14.1. The molecule has 0 amide bonds. The molecule has 1 fully saturated rings. The molecular formula is C19H21N3S. The number of fused-ring (bicyclic) bond motifs is 1. The molecule has 1 N–H and O–H groups in total. The number of hydrogen-bond donors (Lipinski definition) is 1. The first-order valence-electron chi connectivity index (χ1n) is 8.16. The van der Waals surface area contributed by atoms with Crippen LogP contribution in [0.5, 0.6) is 0 Å². The zero-order valence-electron chi connectivity index (χ0n) is 13.3. The smallest absolute Gasteiger partial charge is 0.0620 e. The lowest BCUT2D eigenvalue weighted by molar-refractivity contribution is 0.199. The Balaban J connectivity index is 1.86. The van der Waals surface area contributed by atoms with E-state index in [4.69, 9.17) is 0 Å². The van der Waals surface area contributed by atoms with E-state index < -0.39 is 0 Å². The summed E-state index contributed by atoms with van der Waals surface area (Å²) in [7, 11) is 0. The van der Waals surface area contributed by atoms with Gasteiger partial charge in [-0.2, -0.15) is 0 Å². The second-order valence-electron chi connectivity index (χ2n) is 6.11. The highest BCUT2D eigenvalue weighted by Gasteiger charge is 2.27. The van der Waals surface area contributed by atoms with Gasteiger partial charge >= 0.3 is 0 Å². The normalized spacial score (nSPS) is 17.4. The fourth-order valence-electron chi connectivity index (χ4n) is 3.50. The van der Waals surface area contributed by atoms with Gasteiger partial charge < -0.3 is 5.32 Å². The Morgan fingerprint density at radius 1 is 1.13 bits per heavy atom. The molecule has 0 aliphatic carbocycles. The highest BCUT2D eigenvalue weighted by molar-refractivity contribution is 7.17. The minimum Gasteiger partial charge on any atom is -0.314 e. The van der Waals surface area contributed by atoms with Crippen molar-refractivity contribution in [3.05, 3.63) is 64.8 Å². The van der Waals surface area contributed by atoms with Gasteiger partial charge in [-0.1, -0.05) is 18.2 Å². The number of piperazine rings is 1. The number of aromatic nitrogens is 1. The van der Waals surface area contributed by atoms with Gasteiger partial charge in [0.05, 0.1) is 6.04 Å². The van der Waals surface area contributed by atoms with Crippen molar-refractivity contribution in [3.8, 4) is 0 Å². The monoisotopic (exact) mass is 323 g/mol. The number of rotatable bonds is 3. The van der Waals surface area contributed by atoms with E-state index in [-0.39, 0.29) is 0 Å². The molecule has 1 unspecified atom stereocenters. The second kappa shape index (κ2) is 6.40. The van der Waals surface area contributed by atoms with E-state index in [2.05, 4.69) is 57.8 Å². The van der Waals surface area contributed by atoms with Crippen LogP contribution >= 0.6 is 11.3 Å². The molecule has 1 aliphatic heterocycles. The SMILES string of the molecule is Cc1cnccc1C(c1csc2ccccc12)N1CCNCC1. The van der Waals surface area contributed by atoms with Gasteiger partial charge in [0.15, 0.2) is 0 Å². The Morgan fingerprint density at radius 3 is 2.78 bits per heavy atom. The van der Waals surface area contributed by atoms with Gasteiger partial charge in [0, 0.05) is 43.3 Å². The molecule has 1 aliphatic rings. The quantitative estimate of drug-likeness (QED) is 0.798. The maximum absolute atomic E-state index is 4.29. The van der Waals surface area contributed by atoms with Crippen LogP contribution in [0.1, 0.15) is 22.7 Å². The molecule has 23 heavy (non-hydrogen) atoms.